The van der Waals surface area contributed by atoms with Crippen LogP contribution in [0.4, 0.5) is 4.39 Å². The van der Waals surface area contributed by atoms with E-state index >= 15 is 0 Å². The van der Waals surface area contributed by atoms with Crippen molar-refractivity contribution < 1.29 is 19.0 Å². The summed E-state index contributed by atoms with van der Waals surface area (Å²) in [6, 6.07) is 6.79. The second-order valence-electron chi connectivity index (χ2n) is 6.71. The van der Waals surface area contributed by atoms with Gasteiger partial charge in [0.05, 0.1) is 12.1 Å². The number of aromatic nitrogens is 2. The summed E-state index contributed by atoms with van der Waals surface area (Å²) in [6.07, 6.45) is 0.577. The Labute approximate surface area is 151 Å². The van der Waals surface area contributed by atoms with Gasteiger partial charge in [-0.1, -0.05) is 6.07 Å². The molecule has 1 aliphatic carbocycles. The maximum absolute atomic E-state index is 13.4. The van der Waals surface area contributed by atoms with Gasteiger partial charge in [-0.15, -0.1) is 0 Å². The number of carbonyl (C=O) groups excluding carboxylic acids is 1. The highest BCUT2D eigenvalue weighted by atomic mass is 19.1. The van der Waals surface area contributed by atoms with Crippen LogP contribution >= 0.6 is 0 Å². The standard InChI is InChI=1S/C18H23FN4O3/c1-22(2)16-13(21-18(25)14-7-8-20-23(14)3)10-15(17(16)24)26-12-6-4-5-11(19)9-12/h4-9,13,15-17,24H,10H2,1-3H3,(H,21,25)/t13-,15-,16+,17+/m1/s1. The highest BCUT2D eigenvalue weighted by Crippen LogP contribution is 2.28. The van der Waals surface area contributed by atoms with Gasteiger partial charge < -0.3 is 20.1 Å². The number of nitrogens with zero attached hydrogens (tertiary/aromatic N) is 3. The number of ether oxygens (including phenoxy) is 1. The molecule has 2 N–H and O–H groups in total. The molecule has 0 saturated heterocycles. The fourth-order valence-electron chi connectivity index (χ4n) is 3.47. The predicted molar refractivity (Wildman–Crippen MR) is 93.4 cm³/mol. The number of benzene rings is 1. The number of amides is 1. The Morgan fingerprint density at radius 1 is 1.42 bits per heavy atom. The summed E-state index contributed by atoms with van der Waals surface area (Å²) in [6.45, 7) is 0. The molecule has 0 aliphatic heterocycles. The van der Waals surface area contributed by atoms with Crippen LogP contribution in [-0.2, 0) is 7.05 Å². The lowest BCUT2D eigenvalue weighted by Gasteiger charge is -2.29. The first-order valence-electron chi connectivity index (χ1n) is 8.42. The molecule has 1 fully saturated rings. The van der Waals surface area contributed by atoms with Crippen molar-refractivity contribution in [1.82, 2.24) is 20.0 Å². The van der Waals surface area contributed by atoms with Crippen LogP contribution in [0.2, 0.25) is 0 Å². The van der Waals surface area contributed by atoms with Gasteiger partial charge in [0.2, 0.25) is 0 Å². The zero-order valence-corrected chi connectivity index (χ0v) is 15.0. The molecule has 0 spiro atoms. The van der Waals surface area contributed by atoms with E-state index in [-0.39, 0.29) is 18.0 Å². The number of aryl methyl sites for hydroxylation is 1. The Kier molecular flexibility index (Phi) is 5.24. The summed E-state index contributed by atoms with van der Waals surface area (Å²) in [5.41, 5.74) is 0.437. The fourth-order valence-corrected chi connectivity index (χ4v) is 3.47. The van der Waals surface area contributed by atoms with E-state index < -0.39 is 18.0 Å². The van der Waals surface area contributed by atoms with Crippen molar-refractivity contribution in [2.24, 2.45) is 7.05 Å². The molecular weight excluding hydrogens is 339 g/mol. The van der Waals surface area contributed by atoms with Gasteiger partial charge in [-0.3, -0.25) is 9.48 Å². The molecule has 0 radical (unpaired) electrons. The summed E-state index contributed by atoms with van der Waals surface area (Å²) in [5, 5.41) is 17.6. The molecule has 1 heterocycles. The van der Waals surface area contributed by atoms with E-state index in [0.29, 0.717) is 17.9 Å². The van der Waals surface area contributed by atoms with Gasteiger partial charge in [0.25, 0.3) is 5.91 Å². The Morgan fingerprint density at radius 2 is 2.19 bits per heavy atom. The molecule has 140 valence electrons. The summed E-state index contributed by atoms with van der Waals surface area (Å²) < 4.78 is 20.7. The van der Waals surface area contributed by atoms with Crippen LogP contribution in [0.5, 0.6) is 5.75 Å². The minimum absolute atomic E-state index is 0.263. The average Bonchev–Trinajstić information content (AvgIpc) is 3.11. The maximum atomic E-state index is 13.4. The van der Waals surface area contributed by atoms with Crippen molar-refractivity contribution in [3.63, 3.8) is 0 Å². The third-order valence-corrected chi connectivity index (χ3v) is 4.68. The third-order valence-electron chi connectivity index (χ3n) is 4.68. The van der Waals surface area contributed by atoms with Gasteiger partial charge in [0.15, 0.2) is 0 Å². The minimum atomic E-state index is -0.829. The van der Waals surface area contributed by atoms with Crippen LogP contribution in [0.15, 0.2) is 36.5 Å². The molecule has 0 bridgehead atoms. The summed E-state index contributed by atoms with van der Waals surface area (Å²) in [7, 11) is 5.36. The Hall–Kier alpha value is -2.45. The van der Waals surface area contributed by atoms with Gasteiger partial charge in [-0.05, 0) is 32.3 Å². The molecule has 8 heteroatoms. The minimum Gasteiger partial charge on any atom is -0.487 e. The van der Waals surface area contributed by atoms with Crippen molar-refractivity contribution in [2.75, 3.05) is 14.1 Å². The highest BCUT2D eigenvalue weighted by molar-refractivity contribution is 5.92. The number of carbonyl (C=O) groups is 1. The summed E-state index contributed by atoms with van der Waals surface area (Å²) in [4.78, 5) is 14.4. The van der Waals surface area contributed by atoms with Gasteiger partial charge in [0, 0.05) is 25.7 Å². The fraction of sp³-hybridized carbons (Fsp3) is 0.444. The Morgan fingerprint density at radius 3 is 2.81 bits per heavy atom. The molecule has 3 rings (SSSR count). The van der Waals surface area contributed by atoms with Gasteiger partial charge in [-0.25, -0.2) is 4.39 Å². The molecule has 1 amide bonds. The molecule has 1 aliphatic rings. The predicted octanol–water partition coefficient (Wildman–Crippen LogP) is 0.800. The second kappa shape index (κ2) is 7.43. The molecule has 1 saturated carbocycles. The van der Waals surface area contributed by atoms with Crippen molar-refractivity contribution in [3.8, 4) is 5.75 Å². The topological polar surface area (TPSA) is 79.6 Å². The zero-order valence-electron chi connectivity index (χ0n) is 15.0. The lowest BCUT2D eigenvalue weighted by Crippen LogP contribution is -2.51. The Bertz CT molecular complexity index is 779. The number of aliphatic hydroxyl groups excluding tert-OH is 1. The largest absolute Gasteiger partial charge is 0.487 e. The first-order chi connectivity index (χ1) is 12.4. The number of rotatable bonds is 5. The van der Waals surface area contributed by atoms with Crippen LogP contribution in [0.1, 0.15) is 16.9 Å². The third kappa shape index (κ3) is 3.71. The normalized spacial score (nSPS) is 25.5. The number of hydrogen-bond acceptors (Lipinski definition) is 5. The number of nitrogens with one attached hydrogen (secondary N) is 1. The van der Waals surface area contributed by atoms with E-state index in [1.807, 2.05) is 19.0 Å². The number of hydrogen-bond donors (Lipinski definition) is 2. The highest BCUT2D eigenvalue weighted by Gasteiger charge is 2.46. The van der Waals surface area contributed by atoms with E-state index in [0.717, 1.165) is 0 Å². The first kappa shape index (κ1) is 18.3. The Balaban J connectivity index is 1.74. The number of aliphatic hydroxyl groups is 1. The van der Waals surface area contributed by atoms with Crippen LogP contribution in [0, 0.1) is 5.82 Å². The van der Waals surface area contributed by atoms with Crippen molar-refractivity contribution in [2.45, 2.75) is 30.7 Å². The van der Waals surface area contributed by atoms with Gasteiger partial charge >= 0.3 is 0 Å². The number of halogens is 1. The van der Waals surface area contributed by atoms with Crippen molar-refractivity contribution >= 4 is 5.91 Å². The smallest absolute Gasteiger partial charge is 0.269 e. The van der Waals surface area contributed by atoms with Gasteiger partial charge in [-0.2, -0.15) is 5.10 Å². The zero-order chi connectivity index (χ0) is 18.8. The van der Waals surface area contributed by atoms with E-state index in [4.69, 9.17) is 4.74 Å². The quantitative estimate of drug-likeness (QED) is 0.823. The molecule has 1 aromatic heterocycles. The second-order valence-corrected chi connectivity index (χ2v) is 6.71. The SMILES string of the molecule is CN(C)[C@@H]1[C@@H](O)[C@H](Oc2cccc(F)c2)C[C@H]1NC(=O)c1ccnn1C. The van der Waals surface area contributed by atoms with E-state index in [9.17, 15) is 14.3 Å². The monoisotopic (exact) mass is 362 g/mol. The lowest BCUT2D eigenvalue weighted by molar-refractivity contribution is 0.0209. The van der Waals surface area contributed by atoms with Crippen LogP contribution < -0.4 is 10.1 Å². The molecular formula is C18H23FN4O3. The van der Waals surface area contributed by atoms with E-state index in [1.54, 1.807) is 31.4 Å². The van der Waals surface area contributed by atoms with Gasteiger partial charge in [0.1, 0.15) is 29.5 Å². The summed E-state index contributed by atoms with van der Waals surface area (Å²) in [5.74, 6) is -0.314. The van der Waals surface area contributed by atoms with Crippen molar-refractivity contribution in [1.29, 1.82) is 0 Å². The van der Waals surface area contributed by atoms with Crippen LogP contribution in [0.25, 0.3) is 0 Å². The molecule has 4 atom stereocenters. The maximum Gasteiger partial charge on any atom is 0.269 e. The first-order valence-corrected chi connectivity index (χ1v) is 8.42. The van der Waals surface area contributed by atoms with E-state index in [2.05, 4.69) is 10.4 Å². The van der Waals surface area contributed by atoms with Crippen LogP contribution in [-0.4, -0.2) is 64.1 Å². The average molecular weight is 362 g/mol. The van der Waals surface area contributed by atoms with E-state index in [1.165, 1.54) is 16.8 Å². The van der Waals surface area contributed by atoms with Crippen LogP contribution in [0.3, 0.4) is 0 Å². The molecule has 26 heavy (non-hydrogen) atoms. The summed E-state index contributed by atoms with van der Waals surface area (Å²) >= 11 is 0. The molecule has 7 nitrogen and oxygen atoms in total. The molecule has 0 unspecified atom stereocenters. The number of likely N-dealkylation sites (N-methyl/N-ethyl adjacent to an activating group) is 1. The van der Waals surface area contributed by atoms with Crippen molar-refractivity contribution in [3.05, 3.63) is 48.0 Å². The lowest BCUT2D eigenvalue weighted by atomic mass is 10.1. The molecule has 2 aromatic rings. The molecule has 1 aromatic carbocycles.